The van der Waals surface area contributed by atoms with Crippen molar-refractivity contribution >= 4 is 70.8 Å². The lowest BCUT2D eigenvalue weighted by atomic mass is 9.86. The summed E-state index contributed by atoms with van der Waals surface area (Å²) in [6.45, 7) is 6.65. The highest BCUT2D eigenvalue weighted by Gasteiger charge is 2.22. The fraction of sp³-hybridized carbons (Fsp3) is 0.125. The Bertz CT molecular complexity index is 2210. The quantitative estimate of drug-likeness (QED) is 0.234. The van der Waals surface area contributed by atoms with Crippen molar-refractivity contribution in [2.75, 3.05) is 0 Å². The maximum Gasteiger partial charge on any atom is 0.139 e. The monoisotopic (exact) mass is 469 g/mol. The van der Waals surface area contributed by atoms with Crippen LogP contribution >= 0.6 is 0 Å². The first kappa shape index (κ1) is 19.8. The van der Waals surface area contributed by atoms with Gasteiger partial charge in [-0.1, -0.05) is 26.8 Å². The number of hydrogen-bond acceptors (Lipinski definition) is 3. The van der Waals surface area contributed by atoms with E-state index in [9.17, 15) is 10.2 Å². The van der Waals surface area contributed by atoms with E-state index in [1.807, 2.05) is 18.2 Å². The molecule has 0 fully saturated rings. The van der Waals surface area contributed by atoms with Crippen LogP contribution < -0.4 is 0 Å². The molecular weight excluding hydrogens is 446 g/mol. The van der Waals surface area contributed by atoms with Crippen molar-refractivity contribution in [1.29, 1.82) is 0 Å². The first-order chi connectivity index (χ1) is 17.3. The standard InChI is InChI=1S/C32H23NO3/c1-32(2,3)18-4-8-25-24(14-18)30-27(35)9-7-21-22-10-17-13-28-23(20-6-5-19(34)15-29(20)36-28)11-16(17)12-26(22)33(25)31(21)30/h4-15,34-35H,1-3H3. The number of furan rings is 1. The molecule has 0 radical (unpaired) electrons. The van der Waals surface area contributed by atoms with Crippen molar-refractivity contribution in [3.05, 3.63) is 78.4 Å². The second-order valence-corrected chi connectivity index (χ2v) is 11.0. The van der Waals surface area contributed by atoms with Gasteiger partial charge in [0.15, 0.2) is 0 Å². The number of rotatable bonds is 0. The molecule has 5 aromatic carbocycles. The third-order valence-corrected chi connectivity index (χ3v) is 7.81. The Morgan fingerprint density at radius 3 is 2.22 bits per heavy atom. The summed E-state index contributed by atoms with van der Waals surface area (Å²) in [6, 6.07) is 24.5. The van der Waals surface area contributed by atoms with Crippen LogP contribution in [0.4, 0.5) is 0 Å². The zero-order valence-corrected chi connectivity index (χ0v) is 20.2. The molecule has 2 N–H and O–H groups in total. The van der Waals surface area contributed by atoms with Crippen molar-refractivity contribution in [2.24, 2.45) is 0 Å². The molecule has 4 nitrogen and oxygen atoms in total. The van der Waals surface area contributed by atoms with Crippen LogP contribution in [0.1, 0.15) is 26.3 Å². The molecule has 4 heteroatoms. The van der Waals surface area contributed by atoms with Crippen LogP contribution in [0.2, 0.25) is 0 Å². The van der Waals surface area contributed by atoms with E-state index in [1.54, 1.807) is 12.1 Å². The summed E-state index contributed by atoms with van der Waals surface area (Å²) >= 11 is 0. The van der Waals surface area contributed by atoms with Crippen LogP contribution in [-0.4, -0.2) is 14.6 Å². The SMILES string of the molecule is CC(C)(C)c1ccc2c(c1)c1c(O)ccc3c4cc5cc6oc7cc(O)ccc7c6cc5cc4n2c31. The Morgan fingerprint density at radius 1 is 0.639 bits per heavy atom. The van der Waals surface area contributed by atoms with Crippen LogP contribution in [0.3, 0.4) is 0 Å². The van der Waals surface area contributed by atoms with Crippen molar-refractivity contribution in [3.63, 3.8) is 0 Å². The van der Waals surface area contributed by atoms with Gasteiger partial charge in [-0.25, -0.2) is 0 Å². The third-order valence-electron chi connectivity index (χ3n) is 7.81. The van der Waals surface area contributed by atoms with Gasteiger partial charge < -0.3 is 19.0 Å². The summed E-state index contributed by atoms with van der Waals surface area (Å²) in [7, 11) is 0. The highest BCUT2D eigenvalue weighted by atomic mass is 16.3. The van der Waals surface area contributed by atoms with E-state index in [0.29, 0.717) is 11.3 Å². The van der Waals surface area contributed by atoms with Crippen LogP contribution in [0.5, 0.6) is 11.5 Å². The lowest BCUT2D eigenvalue weighted by Crippen LogP contribution is -2.10. The lowest BCUT2D eigenvalue weighted by Gasteiger charge is -2.19. The summed E-state index contributed by atoms with van der Waals surface area (Å²) in [4.78, 5) is 0. The average Bonchev–Trinajstić information content (AvgIpc) is 3.46. The van der Waals surface area contributed by atoms with E-state index in [0.717, 1.165) is 65.2 Å². The molecule has 0 spiro atoms. The van der Waals surface area contributed by atoms with Gasteiger partial charge in [-0.15, -0.1) is 0 Å². The number of phenols is 2. The first-order valence-electron chi connectivity index (χ1n) is 12.2. The molecule has 174 valence electrons. The molecule has 8 rings (SSSR count). The second-order valence-electron chi connectivity index (χ2n) is 11.0. The maximum atomic E-state index is 11.0. The molecule has 0 atom stereocenters. The van der Waals surface area contributed by atoms with Gasteiger partial charge in [0.05, 0.1) is 21.9 Å². The van der Waals surface area contributed by atoms with E-state index in [-0.39, 0.29) is 11.2 Å². The third kappa shape index (κ3) is 2.38. The Labute approximate surface area is 205 Å². The molecule has 0 saturated carbocycles. The first-order valence-corrected chi connectivity index (χ1v) is 12.2. The smallest absolute Gasteiger partial charge is 0.139 e. The van der Waals surface area contributed by atoms with E-state index in [4.69, 9.17) is 4.42 Å². The molecule has 3 heterocycles. The normalized spacial score (nSPS) is 13.1. The fourth-order valence-corrected chi connectivity index (χ4v) is 6.01. The van der Waals surface area contributed by atoms with Gasteiger partial charge in [0.2, 0.25) is 0 Å². The molecule has 3 aromatic heterocycles. The lowest BCUT2D eigenvalue weighted by molar-refractivity contribution is 0.475. The molecule has 0 bridgehead atoms. The summed E-state index contributed by atoms with van der Waals surface area (Å²) in [5, 5.41) is 29.4. The predicted molar refractivity (Wildman–Crippen MR) is 148 cm³/mol. The van der Waals surface area contributed by atoms with Crippen LogP contribution in [-0.2, 0) is 5.41 Å². The Kier molecular flexibility index (Phi) is 3.42. The zero-order chi connectivity index (χ0) is 24.5. The highest BCUT2D eigenvalue weighted by molar-refractivity contribution is 6.26. The molecule has 0 aliphatic rings. The fourth-order valence-electron chi connectivity index (χ4n) is 6.01. The summed E-state index contributed by atoms with van der Waals surface area (Å²) < 4.78 is 8.38. The van der Waals surface area contributed by atoms with E-state index >= 15 is 0 Å². The largest absolute Gasteiger partial charge is 0.508 e. The van der Waals surface area contributed by atoms with Gasteiger partial charge in [0.25, 0.3) is 0 Å². The summed E-state index contributed by atoms with van der Waals surface area (Å²) in [6.07, 6.45) is 0. The number of aromatic hydroxyl groups is 2. The van der Waals surface area contributed by atoms with Gasteiger partial charge in [0.1, 0.15) is 22.7 Å². The number of fused-ring (bicyclic) bond motifs is 10. The van der Waals surface area contributed by atoms with Gasteiger partial charge in [-0.3, -0.25) is 0 Å². The minimum Gasteiger partial charge on any atom is -0.508 e. The van der Waals surface area contributed by atoms with E-state index in [2.05, 4.69) is 67.6 Å². The van der Waals surface area contributed by atoms with Gasteiger partial charge in [-0.2, -0.15) is 0 Å². The van der Waals surface area contributed by atoms with E-state index in [1.165, 1.54) is 5.56 Å². The predicted octanol–water partition coefficient (Wildman–Crippen LogP) is 8.60. The van der Waals surface area contributed by atoms with Crippen molar-refractivity contribution in [3.8, 4) is 11.5 Å². The Hall–Kier alpha value is -4.44. The van der Waals surface area contributed by atoms with Crippen molar-refractivity contribution in [2.45, 2.75) is 26.2 Å². The molecule has 0 amide bonds. The zero-order valence-electron chi connectivity index (χ0n) is 20.2. The number of aromatic nitrogens is 1. The Balaban J connectivity index is 1.54. The van der Waals surface area contributed by atoms with Crippen molar-refractivity contribution in [1.82, 2.24) is 4.40 Å². The van der Waals surface area contributed by atoms with Crippen LogP contribution in [0.25, 0.3) is 70.8 Å². The molecule has 0 aliphatic carbocycles. The van der Waals surface area contributed by atoms with Crippen LogP contribution in [0, 0.1) is 0 Å². The molecule has 0 aliphatic heterocycles. The Morgan fingerprint density at radius 2 is 1.39 bits per heavy atom. The average molecular weight is 470 g/mol. The van der Waals surface area contributed by atoms with Gasteiger partial charge in [-0.05, 0) is 82.4 Å². The number of phenolic OH excluding ortho intramolecular Hbond substituents is 2. The maximum absolute atomic E-state index is 11.0. The van der Waals surface area contributed by atoms with Gasteiger partial charge in [0, 0.05) is 33.0 Å². The molecule has 0 saturated heterocycles. The highest BCUT2D eigenvalue weighted by Crippen LogP contribution is 2.45. The van der Waals surface area contributed by atoms with Crippen molar-refractivity contribution < 1.29 is 14.6 Å². The number of hydrogen-bond donors (Lipinski definition) is 2. The van der Waals surface area contributed by atoms with E-state index < -0.39 is 0 Å². The van der Waals surface area contributed by atoms with Crippen LogP contribution in [0.15, 0.2) is 77.2 Å². The summed E-state index contributed by atoms with van der Waals surface area (Å²) in [5.74, 6) is 0.510. The summed E-state index contributed by atoms with van der Waals surface area (Å²) in [5.41, 5.74) is 6.03. The molecule has 8 aromatic rings. The molecule has 0 unspecified atom stereocenters. The number of nitrogens with zero attached hydrogens (tertiary/aromatic N) is 1. The topological polar surface area (TPSA) is 58.0 Å². The number of benzene rings is 5. The molecular formula is C32H23NO3. The van der Waals surface area contributed by atoms with Gasteiger partial charge >= 0.3 is 0 Å². The minimum atomic E-state index is 0.0175. The minimum absolute atomic E-state index is 0.0175. The second kappa shape index (κ2) is 6.21. The molecule has 36 heavy (non-hydrogen) atoms.